The zero-order valence-corrected chi connectivity index (χ0v) is 16.6. The maximum Gasteiger partial charge on any atom is 0.252 e. The molecule has 6 nitrogen and oxygen atoms in total. The molecule has 1 aliphatic heterocycles. The largest absolute Gasteiger partial charge is 0.369 e. The predicted molar refractivity (Wildman–Crippen MR) is 113 cm³/mol. The second-order valence-corrected chi connectivity index (χ2v) is 8.18. The highest BCUT2D eigenvalue weighted by Gasteiger charge is 2.26. The lowest BCUT2D eigenvalue weighted by molar-refractivity contribution is 0.249. The van der Waals surface area contributed by atoms with E-state index in [-0.39, 0.29) is 11.4 Å². The van der Waals surface area contributed by atoms with Crippen molar-refractivity contribution in [1.29, 1.82) is 5.26 Å². The minimum Gasteiger partial charge on any atom is -0.369 e. The summed E-state index contributed by atoms with van der Waals surface area (Å²) >= 11 is 0. The van der Waals surface area contributed by atoms with E-state index in [1.807, 2.05) is 24.4 Å². The Morgan fingerprint density at radius 2 is 1.93 bits per heavy atom. The van der Waals surface area contributed by atoms with Crippen molar-refractivity contribution in [3.05, 3.63) is 69.4 Å². The van der Waals surface area contributed by atoms with E-state index in [0.717, 1.165) is 73.4 Å². The van der Waals surface area contributed by atoms with Crippen LogP contribution in [0.1, 0.15) is 35.4 Å². The molecule has 0 spiro atoms. The van der Waals surface area contributed by atoms with Crippen LogP contribution >= 0.6 is 0 Å². The molecule has 5 rings (SSSR count). The van der Waals surface area contributed by atoms with Gasteiger partial charge in [0.05, 0.1) is 22.7 Å². The smallest absolute Gasteiger partial charge is 0.252 e. The summed E-state index contributed by atoms with van der Waals surface area (Å²) in [4.78, 5) is 24.3. The van der Waals surface area contributed by atoms with Crippen LogP contribution in [-0.4, -0.2) is 41.0 Å². The van der Waals surface area contributed by atoms with Crippen LogP contribution in [-0.2, 0) is 6.54 Å². The van der Waals surface area contributed by atoms with E-state index in [4.69, 9.17) is 5.26 Å². The highest BCUT2D eigenvalue weighted by atomic mass is 19.1. The summed E-state index contributed by atoms with van der Waals surface area (Å²) in [7, 11) is 0. The maximum atomic E-state index is 13.7. The topological polar surface area (TPSA) is 76.0 Å². The Kier molecular flexibility index (Phi) is 4.72. The molecule has 2 aromatic heterocycles. The number of nitriles is 1. The number of fused-ring (bicyclic) bond motifs is 1. The number of piperazine rings is 1. The maximum absolute atomic E-state index is 13.7. The molecule has 1 N–H and O–H groups in total. The van der Waals surface area contributed by atoms with Crippen LogP contribution in [0.4, 0.5) is 10.1 Å². The number of hydrogen-bond donors (Lipinski definition) is 1. The predicted octanol–water partition coefficient (Wildman–Crippen LogP) is 3.13. The van der Waals surface area contributed by atoms with Gasteiger partial charge >= 0.3 is 0 Å². The molecular weight excluding hydrogens is 381 g/mol. The van der Waals surface area contributed by atoms with E-state index in [9.17, 15) is 9.18 Å². The highest BCUT2D eigenvalue weighted by Crippen LogP contribution is 2.38. The number of anilines is 1. The number of aromatic amines is 1. The highest BCUT2D eigenvalue weighted by molar-refractivity contribution is 5.75. The molecule has 1 aliphatic carbocycles. The molecule has 7 heteroatoms. The molecule has 3 aromatic rings. The van der Waals surface area contributed by atoms with Gasteiger partial charge in [-0.15, -0.1) is 0 Å². The minimum atomic E-state index is -0.382. The van der Waals surface area contributed by atoms with Gasteiger partial charge in [0.25, 0.3) is 5.56 Å². The quantitative estimate of drug-likeness (QED) is 0.724. The van der Waals surface area contributed by atoms with Crippen molar-refractivity contribution in [2.24, 2.45) is 0 Å². The molecule has 0 radical (unpaired) electrons. The molecule has 3 heterocycles. The molecule has 0 atom stereocenters. The van der Waals surface area contributed by atoms with Crippen LogP contribution in [0.25, 0.3) is 11.0 Å². The first-order valence-corrected chi connectivity index (χ1v) is 10.3. The molecule has 0 amide bonds. The second-order valence-electron chi connectivity index (χ2n) is 8.18. The third-order valence-electron chi connectivity index (χ3n) is 5.95. The van der Waals surface area contributed by atoms with Crippen molar-refractivity contribution >= 4 is 16.7 Å². The molecule has 152 valence electrons. The van der Waals surface area contributed by atoms with E-state index in [0.29, 0.717) is 11.5 Å². The summed E-state index contributed by atoms with van der Waals surface area (Å²) in [6, 6.07) is 10.4. The van der Waals surface area contributed by atoms with Crippen LogP contribution in [0.15, 0.2) is 41.3 Å². The third kappa shape index (κ3) is 3.79. The van der Waals surface area contributed by atoms with Crippen molar-refractivity contribution in [1.82, 2.24) is 14.9 Å². The van der Waals surface area contributed by atoms with Crippen molar-refractivity contribution < 1.29 is 4.39 Å². The molecule has 30 heavy (non-hydrogen) atoms. The molecule has 0 unspecified atom stereocenters. The Morgan fingerprint density at radius 1 is 1.13 bits per heavy atom. The summed E-state index contributed by atoms with van der Waals surface area (Å²) in [5.41, 5.74) is 4.63. The Bertz CT molecular complexity index is 1200. The first-order chi connectivity index (χ1) is 14.6. The number of halogens is 1. The molecule has 1 saturated heterocycles. The third-order valence-corrected chi connectivity index (χ3v) is 5.95. The lowest BCUT2D eigenvalue weighted by Crippen LogP contribution is -2.46. The number of H-pyrrole nitrogens is 1. The van der Waals surface area contributed by atoms with Crippen LogP contribution < -0.4 is 10.5 Å². The Labute approximate surface area is 173 Å². The number of rotatable bonds is 4. The zero-order chi connectivity index (χ0) is 20.7. The van der Waals surface area contributed by atoms with Gasteiger partial charge in [-0.05, 0) is 54.7 Å². The van der Waals surface area contributed by atoms with Gasteiger partial charge < -0.3 is 9.88 Å². The average molecular weight is 403 g/mol. The lowest BCUT2D eigenvalue weighted by Gasteiger charge is -2.36. The summed E-state index contributed by atoms with van der Waals surface area (Å²) in [5.74, 6) is 0.0193. The molecule has 1 saturated carbocycles. The summed E-state index contributed by atoms with van der Waals surface area (Å²) in [6.07, 6.45) is 4.06. The number of nitrogens with zero attached hydrogens (tertiary/aromatic N) is 4. The van der Waals surface area contributed by atoms with Gasteiger partial charge in [0, 0.05) is 50.2 Å². The number of nitrogens with one attached hydrogen (secondary N) is 1. The molecule has 2 aliphatic rings. The molecular formula is C23H22FN5O. The SMILES string of the molecule is N#Cc1cc(F)cc(N2CCN(Cc3cnc4cc(C5CC5)c(=O)[nH]c4c3)CC2)c1. The van der Waals surface area contributed by atoms with Gasteiger partial charge in [0.15, 0.2) is 0 Å². The summed E-state index contributed by atoms with van der Waals surface area (Å²) in [6.45, 7) is 3.92. The standard InChI is InChI=1S/C23H22FN5O/c24-18-7-15(12-25)8-19(10-18)29-5-3-28(4-6-29)14-16-9-22-21(26-13-16)11-20(17-1-2-17)23(30)27-22/h7-11,13,17H,1-6,14H2,(H,27,30). The average Bonchev–Trinajstić information content (AvgIpc) is 3.58. The molecule has 1 aromatic carbocycles. The van der Waals surface area contributed by atoms with E-state index in [2.05, 4.69) is 19.8 Å². The second kappa shape index (κ2) is 7.54. The lowest BCUT2D eigenvalue weighted by atomic mass is 10.1. The normalized spacial score (nSPS) is 17.3. The Morgan fingerprint density at radius 3 is 2.67 bits per heavy atom. The number of pyridine rings is 2. The summed E-state index contributed by atoms with van der Waals surface area (Å²) < 4.78 is 13.7. The van der Waals surface area contributed by atoms with Gasteiger partial charge in [0.1, 0.15) is 5.82 Å². The van der Waals surface area contributed by atoms with Gasteiger partial charge in [0.2, 0.25) is 0 Å². The van der Waals surface area contributed by atoms with Gasteiger partial charge in [-0.1, -0.05) is 0 Å². The zero-order valence-electron chi connectivity index (χ0n) is 16.6. The first-order valence-electron chi connectivity index (χ1n) is 10.3. The fourth-order valence-corrected chi connectivity index (χ4v) is 4.17. The Hall–Kier alpha value is -3.24. The number of benzene rings is 1. The van der Waals surface area contributed by atoms with Crippen molar-refractivity contribution in [2.75, 3.05) is 31.1 Å². The van der Waals surface area contributed by atoms with Gasteiger partial charge in [-0.3, -0.25) is 14.7 Å². The van der Waals surface area contributed by atoms with Crippen LogP contribution in [0.3, 0.4) is 0 Å². The molecule has 0 bridgehead atoms. The number of hydrogen-bond acceptors (Lipinski definition) is 5. The van der Waals surface area contributed by atoms with Crippen molar-refractivity contribution in [3.63, 3.8) is 0 Å². The van der Waals surface area contributed by atoms with Crippen molar-refractivity contribution in [3.8, 4) is 6.07 Å². The van der Waals surface area contributed by atoms with Crippen LogP contribution in [0.2, 0.25) is 0 Å². The first kappa shape index (κ1) is 18.8. The fourth-order valence-electron chi connectivity index (χ4n) is 4.17. The van der Waals surface area contributed by atoms with Gasteiger partial charge in [-0.25, -0.2) is 4.39 Å². The monoisotopic (exact) mass is 403 g/mol. The molecule has 2 fully saturated rings. The van der Waals surface area contributed by atoms with Crippen LogP contribution in [0, 0.1) is 17.1 Å². The number of aromatic nitrogens is 2. The Balaban J connectivity index is 1.27. The fraction of sp³-hybridized carbons (Fsp3) is 0.348. The van der Waals surface area contributed by atoms with Crippen LogP contribution in [0.5, 0.6) is 0 Å². The van der Waals surface area contributed by atoms with E-state index in [1.165, 1.54) is 12.1 Å². The van der Waals surface area contributed by atoms with E-state index in [1.54, 1.807) is 6.07 Å². The van der Waals surface area contributed by atoms with Crippen molar-refractivity contribution in [2.45, 2.75) is 25.3 Å². The summed E-state index contributed by atoms with van der Waals surface area (Å²) in [5, 5.41) is 9.06. The van der Waals surface area contributed by atoms with E-state index >= 15 is 0 Å². The van der Waals surface area contributed by atoms with Gasteiger partial charge in [-0.2, -0.15) is 5.26 Å². The van der Waals surface area contributed by atoms with E-state index < -0.39 is 0 Å². The minimum absolute atomic E-state index is 0.00407.